The number of nitrogens with zero attached hydrogens (tertiary/aromatic N) is 1. The summed E-state index contributed by atoms with van der Waals surface area (Å²) in [4.78, 5) is 0. The molecule has 0 aromatic heterocycles. The fourth-order valence-electron chi connectivity index (χ4n) is 2.07. The highest BCUT2D eigenvalue weighted by Gasteiger charge is 2.19. The number of nitrogens with one attached hydrogen (secondary N) is 1. The van der Waals surface area contributed by atoms with Crippen molar-refractivity contribution in [2.75, 3.05) is 13.1 Å². The number of rotatable bonds is 3. The van der Waals surface area contributed by atoms with Gasteiger partial charge in [-0.05, 0) is 24.3 Å². The van der Waals surface area contributed by atoms with Crippen LogP contribution in [0.1, 0.15) is 24.3 Å². The van der Waals surface area contributed by atoms with E-state index in [1.54, 1.807) is 0 Å². The molecule has 0 radical (unpaired) electrons. The van der Waals surface area contributed by atoms with Crippen molar-refractivity contribution in [2.45, 2.75) is 18.8 Å². The van der Waals surface area contributed by atoms with Crippen LogP contribution < -0.4 is 3.64 Å². The second kappa shape index (κ2) is 5.67. The molecule has 4 heteroatoms. The molecule has 0 bridgehead atoms. The summed E-state index contributed by atoms with van der Waals surface area (Å²) in [5.41, 5.74) is 1.44. The average molecular weight is 318 g/mol. The Balaban J connectivity index is 1.91. The summed E-state index contributed by atoms with van der Waals surface area (Å²) in [6.45, 7) is 2.00. The molecule has 0 atom stereocenters. The molecule has 0 spiro atoms. The van der Waals surface area contributed by atoms with Crippen LogP contribution in [0.4, 0.5) is 0 Å². The zero-order valence-electron chi connectivity index (χ0n) is 8.53. The van der Waals surface area contributed by atoms with Crippen LogP contribution in [0.2, 0.25) is 0 Å². The number of piperidine rings is 1. The molecule has 1 aromatic rings. The molecule has 1 aliphatic rings. The van der Waals surface area contributed by atoms with Crippen molar-refractivity contribution in [1.82, 2.24) is 8.65 Å². The van der Waals surface area contributed by atoms with Crippen molar-refractivity contribution in [3.8, 4) is 0 Å². The lowest BCUT2D eigenvalue weighted by molar-refractivity contribution is 0.200. The van der Waals surface area contributed by atoms with Gasteiger partial charge in [-0.1, -0.05) is 30.3 Å². The van der Waals surface area contributed by atoms with E-state index in [1.165, 1.54) is 5.56 Å². The zero-order chi connectivity index (χ0) is 10.5. The molecule has 0 aliphatic carbocycles. The molecule has 1 aromatic carbocycles. The van der Waals surface area contributed by atoms with Crippen LogP contribution in [0, 0.1) is 0 Å². The minimum absolute atomic E-state index is 0.675. The van der Waals surface area contributed by atoms with Crippen molar-refractivity contribution in [3.63, 3.8) is 0 Å². The van der Waals surface area contributed by atoms with Crippen molar-refractivity contribution in [2.24, 2.45) is 0 Å². The van der Waals surface area contributed by atoms with Gasteiger partial charge in [0.25, 0.3) is 21.5 Å². The number of benzene rings is 1. The maximum absolute atomic E-state index is 10.5. The zero-order valence-corrected chi connectivity index (χ0v) is 10.7. The Morgan fingerprint density at radius 2 is 1.87 bits per heavy atom. The Hall–Kier alpha value is -0.330. The molecule has 0 unspecified atom stereocenters. The van der Waals surface area contributed by atoms with E-state index in [0.717, 1.165) is 25.9 Å². The van der Waals surface area contributed by atoms with Gasteiger partial charge in [-0.3, -0.25) is 3.07 Å². The monoisotopic (exact) mass is 318 g/mol. The molecule has 1 aliphatic heterocycles. The van der Waals surface area contributed by atoms with Crippen LogP contribution >= 0.6 is 21.5 Å². The summed E-state index contributed by atoms with van der Waals surface area (Å²) in [7, 11) is 0. The van der Waals surface area contributed by atoms with Gasteiger partial charge in [-0.25, -0.2) is 5.01 Å². The quantitative estimate of drug-likeness (QED) is 0.687. The van der Waals surface area contributed by atoms with Gasteiger partial charge in [0.2, 0.25) is 0 Å². The predicted octanol–water partition coefficient (Wildman–Crippen LogP) is 2.60. The summed E-state index contributed by atoms with van der Waals surface area (Å²) in [5, 5.41) is 2.08. The molecular formula is C11H15IN2O. The number of hydrogen-bond acceptors (Lipinski definition) is 2. The molecule has 15 heavy (non-hydrogen) atoms. The molecule has 1 fully saturated rings. The molecule has 1 N–H and O–H groups in total. The summed E-state index contributed by atoms with van der Waals surface area (Å²) in [5.74, 6) is 0.675. The van der Waals surface area contributed by atoms with Crippen LogP contribution in [0.15, 0.2) is 30.3 Å². The predicted molar refractivity (Wildman–Crippen MR) is 67.8 cm³/mol. The van der Waals surface area contributed by atoms with Crippen LogP contribution in [-0.4, -0.2) is 18.1 Å². The highest BCUT2D eigenvalue weighted by atomic mass is 127. The maximum Gasteiger partial charge on any atom is 0.252 e. The first kappa shape index (κ1) is 11.2. The van der Waals surface area contributed by atoms with Crippen molar-refractivity contribution >= 4 is 21.5 Å². The molecule has 1 saturated heterocycles. The first-order valence-electron chi connectivity index (χ1n) is 5.22. The Labute approximate surface area is 101 Å². The molecule has 2 rings (SSSR count). The topological polar surface area (TPSA) is 32.3 Å². The van der Waals surface area contributed by atoms with Gasteiger partial charge in [0, 0.05) is 13.1 Å². The first-order chi connectivity index (χ1) is 7.40. The molecule has 0 amide bonds. The second-order valence-electron chi connectivity index (χ2n) is 3.83. The lowest BCUT2D eigenvalue weighted by atomic mass is 9.90. The minimum Gasteiger partial charge on any atom is -0.251 e. The van der Waals surface area contributed by atoms with Crippen LogP contribution in [0.25, 0.3) is 0 Å². The van der Waals surface area contributed by atoms with E-state index in [9.17, 15) is 3.07 Å². The van der Waals surface area contributed by atoms with Gasteiger partial charge in [-0.2, -0.15) is 3.64 Å². The standard InChI is InChI=1S/C11H15IN2O/c15-12-13-14-8-6-11(7-9-14)10-4-2-1-3-5-10/h1-5,11H,6-9H2,(H,13,15). The fraction of sp³-hybridized carbons (Fsp3) is 0.455. The third-order valence-corrected chi connectivity index (χ3v) is 3.80. The van der Waals surface area contributed by atoms with E-state index < -0.39 is 21.5 Å². The molecule has 0 saturated carbocycles. The van der Waals surface area contributed by atoms with E-state index in [-0.39, 0.29) is 0 Å². The van der Waals surface area contributed by atoms with E-state index in [0.29, 0.717) is 5.92 Å². The highest BCUT2D eigenvalue weighted by molar-refractivity contribution is 14.1. The summed E-state index contributed by atoms with van der Waals surface area (Å²) >= 11 is -1.06. The van der Waals surface area contributed by atoms with Gasteiger partial charge >= 0.3 is 0 Å². The first-order valence-corrected chi connectivity index (χ1v) is 7.17. The summed E-state index contributed by atoms with van der Waals surface area (Å²) in [6.07, 6.45) is 2.31. The van der Waals surface area contributed by atoms with Gasteiger partial charge in [0.1, 0.15) is 0 Å². The molecule has 3 nitrogen and oxygen atoms in total. The van der Waals surface area contributed by atoms with E-state index >= 15 is 0 Å². The van der Waals surface area contributed by atoms with Crippen LogP contribution in [0.5, 0.6) is 0 Å². The number of halogens is 1. The normalized spacial score (nSPS) is 19.2. The molecule has 82 valence electrons. The summed E-state index contributed by atoms with van der Waals surface area (Å²) < 4.78 is 13.5. The average Bonchev–Trinajstić information content (AvgIpc) is 2.32. The minimum atomic E-state index is -1.06. The SMILES string of the molecule is O=INN1CCC(c2ccccc2)CC1. The van der Waals surface area contributed by atoms with Crippen LogP contribution in [-0.2, 0) is 3.07 Å². The third kappa shape index (κ3) is 3.06. The molecule has 1 heterocycles. The Morgan fingerprint density at radius 3 is 2.47 bits per heavy atom. The number of hydrogen-bond donors (Lipinski definition) is 1. The van der Waals surface area contributed by atoms with E-state index in [2.05, 4.69) is 39.0 Å². The Bertz CT molecular complexity index is 310. The van der Waals surface area contributed by atoms with Gasteiger partial charge in [0.15, 0.2) is 0 Å². The van der Waals surface area contributed by atoms with Crippen molar-refractivity contribution in [3.05, 3.63) is 35.9 Å². The second-order valence-corrected chi connectivity index (χ2v) is 4.76. The highest BCUT2D eigenvalue weighted by Crippen LogP contribution is 2.27. The lowest BCUT2D eigenvalue weighted by Crippen LogP contribution is -2.38. The molecular weight excluding hydrogens is 303 g/mol. The Kier molecular flexibility index (Phi) is 4.22. The van der Waals surface area contributed by atoms with Crippen molar-refractivity contribution in [1.29, 1.82) is 0 Å². The third-order valence-electron chi connectivity index (χ3n) is 2.92. The van der Waals surface area contributed by atoms with Gasteiger partial charge in [-0.15, -0.1) is 0 Å². The van der Waals surface area contributed by atoms with Crippen molar-refractivity contribution < 1.29 is 3.07 Å². The van der Waals surface area contributed by atoms with E-state index in [4.69, 9.17) is 0 Å². The van der Waals surface area contributed by atoms with Gasteiger partial charge in [0.05, 0.1) is 0 Å². The van der Waals surface area contributed by atoms with Gasteiger partial charge < -0.3 is 0 Å². The summed E-state index contributed by atoms with van der Waals surface area (Å²) in [6, 6.07) is 10.7. The van der Waals surface area contributed by atoms with E-state index in [1.807, 2.05) is 0 Å². The number of hydrazine groups is 1. The fourth-order valence-corrected chi connectivity index (χ4v) is 2.83. The lowest BCUT2D eigenvalue weighted by Gasteiger charge is -2.30. The van der Waals surface area contributed by atoms with Crippen LogP contribution in [0.3, 0.4) is 0 Å². The maximum atomic E-state index is 10.5. The Morgan fingerprint density at radius 1 is 1.20 bits per heavy atom. The smallest absolute Gasteiger partial charge is 0.251 e. The largest absolute Gasteiger partial charge is 0.252 e.